The van der Waals surface area contributed by atoms with E-state index < -0.39 is 36.6 Å². The molecule has 0 aliphatic carbocycles. The van der Waals surface area contributed by atoms with Crippen molar-refractivity contribution in [2.75, 3.05) is 26.3 Å². The van der Waals surface area contributed by atoms with Gasteiger partial charge in [-0.05, 0) is 58.5 Å². The molecule has 2 unspecified atom stereocenters. The zero-order valence-corrected chi connectivity index (χ0v) is 20.1. The first kappa shape index (κ1) is 21.7. The highest BCUT2D eigenvalue weighted by molar-refractivity contribution is 6.79. The Bertz CT molecular complexity index is 295. The van der Waals surface area contributed by atoms with E-state index in [1.165, 1.54) is 19.3 Å². The maximum atomic E-state index is 6.21. The lowest BCUT2D eigenvalue weighted by molar-refractivity contribution is 0.0968. The summed E-state index contributed by atoms with van der Waals surface area (Å²) >= 11 is 0. The minimum absolute atomic E-state index is 0.953. The van der Waals surface area contributed by atoms with E-state index in [1.54, 1.807) is 0 Å². The van der Waals surface area contributed by atoms with E-state index in [9.17, 15) is 0 Å². The molecule has 0 aromatic rings. The van der Waals surface area contributed by atoms with Gasteiger partial charge >= 0.3 is 27.3 Å². The van der Waals surface area contributed by atoms with Crippen LogP contribution in [0.4, 0.5) is 0 Å². The highest BCUT2D eigenvalue weighted by atomic mass is 28.5. The second kappa shape index (κ2) is 11.3. The van der Waals surface area contributed by atoms with E-state index in [1.807, 2.05) is 0 Å². The normalized spacial score (nSPS) is 35.9. The van der Waals surface area contributed by atoms with Gasteiger partial charge in [-0.3, -0.25) is 4.57 Å². The molecule has 2 fully saturated rings. The number of ether oxygens (including phenoxy) is 1. The molecule has 2 rings (SSSR count). The van der Waals surface area contributed by atoms with Gasteiger partial charge in [0.25, 0.3) is 9.28 Å². The maximum Gasteiger partial charge on any atom is 0.406 e. The van der Waals surface area contributed by atoms with E-state index in [2.05, 4.69) is 44.6 Å². The summed E-state index contributed by atoms with van der Waals surface area (Å²) in [6.07, 6.45) is 3.93. The molecule has 6 nitrogen and oxygen atoms in total. The first-order valence-corrected chi connectivity index (χ1v) is 17.5. The van der Waals surface area contributed by atoms with Crippen LogP contribution in [0.5, 0.6) is 0 Å². The second-order valence-electron chi connectivity index (χ2n) is 5.95. The fourth-order valence-electron chi connectivity index (χ4n) is 2.91. The van der Waals surface area contributed by atoms with Gasteiger partial charge in [0.05, 0.1) is 0 Å². The minimum atomic E-state index is -2.28. The first-order valence-electron chi connectivity index (χ1n) is 8.90. The Hall–Kier alpha value is 0.628. The average Bonchev–Trinajstić information content (AvgIpc) is 2.48. The Morgan fingerprint density at radius 1 is 0.826 bits per heavy atom. The Morgan fingerprint density at radius 3 is 1.61 bits per heavy atom. The van der Waals surface area contributed by atoms with Crippen molar-refractivity contribution >= 4 is 36.6 Å². The molecule has 0 radical (unpaired) electrons. The molecular weight excluding hydrogens is 362 g/mol. The SMILES string of the molecule is C1CCOCC1.CCN(CC)[Si]1(C)O[SiH](C)O[SiH](C)O[SiH](C)O1. The monoisotopic (exact) mass is 397 g/mol. The smallest absolute Gasteiger partial charge is 0.406 e. The summed E-state index contributed by atoms with van der Waals surface area (Å²) < 4.78 is 31.6. The molecule has 0 saturated carbocycles. The minimum Gasteiger partial charge on any atom is -0.420 e. The van der Waals surface area contributed by atoms with Crippen molar-refractivity contribution < 1.29 is 21.2 Å². The first-order chi connectivity index (χ1) is 10.9. The highest BCUT2D eigenvalue weighted by Crippen LogP contribution is 2.19. The van der Waals surface area contributed by atoms with E-state index in [0.29, 0.717) is 0 Å². The molecule has 0 aromatic carbocycles. The third-order valence-corrected chi connectivity index (χ3v) is 18.0. The Morgan fingerprint density at radius 2 is 1.30 bits per heavy atom. The molecule has 10 heteroatoms. The van der Waals surface area contributed by atoms with Crippen LogP contribution in [-0.4, -0.2) is 67.4 Å². The van der Waals surface area contributed by atoms with Crippen molar-refractivity contribution in [3.63, 3.8) is 0 Å². The Balaban J connectivity index is 0.000000366. The number of nitrogens with zero attached hydrogens (tertiary/aromatic N) is 1. The summed E-state index contributed by atoms with van der Waals surface area (Å²) in [5.41, 5.74) is 0. The van der Waals surface area contributed by atoms with Crippen LogP contribution in [0.3, 0.4) is 0 Å². The second-order valence-corrected chi connectivity index (χ2v) is 15.9. The molecule has 0 N–H and O–H groups in total. The lowest BCUT2D eigenvalue weighted by atomic mass is 10.2. The van der Waals surface area contributed by atoms with Crippen LogP contribution < -0.4 is 0 Å². The van der Waals surface area contributed by atoms with Crippen LogP contribution in [0.25, 0.3) is 0 Å². The fraction of sp³-hybridized carbons (Fsp3) is 1.00. The zero-order valence-electron chi connectivity index (χ0n) is 15.7. The van der Waals surface area contributed by atoms with Gasteiger partial charge in [0.2, 0.25) is 0 Å². The average molecular weight is 398 g/mol. The summed E-state index contributed by atoms with van der Waals surface area (Å²) in [6, 6.07) is 0. The van der Waals surface area contributed by atoms with Gasteiger partial charge in [0.15, 0.2) is 0 Å². The van der Waals surface area contributed by atoms with Crippen molar-refractivity contribution in [2.45, 2.75) is 59.3 Å². The maximum absolute atomic E-state index is 6.21. The molecule has 0 spiro atoms. The summed E-state index contributed by atoms with van der Waals surface area (Å²) in [5, 5.41) is 0. The van der Waals surface area contributed by atoms with Gasteiger partial charge in [0, 0.05) is 13.2 Å². The fourth-order valence-corrected chi connectivity index (χ4v) is 17.5. The van der Waals surface area contributed by atoms with E-state index >= 15 is 0 Å². The lowest BCUT2D eigenvalue weighted by Crippen LogP contribution is -2.63. The predicted octanol–water partition coefficient (Wildman–Crippen LogP) is 1.71. The largest absolute Gasteiger partial charge is 0.420 e. The lowest BCUT2D eigenvalue weighted by Gasteiger charge is -2.42. The third kappa shape index (κ3) is 8.03. The summed E-state index contributed by atoms with van der Waals surface area (Å²) in [7, 11) is -7.01. The standard InChI is InChI=1S/C8H25NO4Si4.C5H10O/c1-7-9(8-2)17(6)12-15(4)10-14(3)11-16(5)13-17;1-2-4-6-5-3-1/h14-16H,7-8H2,1-6H3;1-5H2. The molecule has 138 valence electrons. The van der Waals surface area contributed by atoms with Crippen LogP contribution in [0.2, 0.25) is 26.2 Å². The van der Waals surface area contributed by atoms with Gasteiger partial charge in [-0.1, -0.05) is 13.8 Å². The van der Waals surface area contributed by atoms with Crippen molar-refractivity contribution in [1.29, 1.82) is 0 Å². The number of hydrogen-bond acceptors (Lipinski definition) is 6. The molecule has 2 atom stereocenters. The van der Waals surface area contributed by atoms with Gasteiger partial charge < -0.3 is 21.2 Å². The molecule has 2 aliphatic heterocycles. The van der Waals surface area contributed by atoms with Crippen LogP contribution >= 0.6 is 0 Å². The van der Waals surface area contributed by atoms with E-state index in [4.69, 9.17) is 21.2 Å². The molecule has 23 heavy (non-hydrogen) atoms. The number of rotatable bonds is 3. The Labute approximate surface area is 148 Å². The number of hydrogen-bond donors (Lipinski definition) is 0. The van der Waals surface area contributed by atoms with Gasteiger partial charge in [-0.2, -0.15) is 0 Å². The van der Waals surface area contributed by atoms with Crippen LogP contribution in [0, 0.1) is 0 Å². The Kier molecular flexibility index (Phi) is 10.6. The summed E-state index contributed by atoms with van der Waals surface area (Å²) in [4.78, 5) is 0. The van der Waals surface area contributed by atoms with Crippen LogP contribution in [-0.2, 0) is 21.2 Å². The molecule has 2 aliphatic rings. The molecule has 0 aromatic heterocycles. The van der Waals surface area contributed by atoms with Crippen LogP contribution in [0.15, 0.2) is 0 Å². The van der Waals surface area contributed by atoms with Crippen molar-refractivity contribution in [2.24, 2.45) is 0 Å². The van der Waals surface area contributed by atoms with Crippen LogP contribution in [0.1, 0.15) is 33.1 Å². The van der Waals surface area contributed by atoms with Gasteiger partial charge in [-0.15, -0.1) is 0 Å². The third-order valence-electron chi connectivity index (χ3n) is 3.95. The topological polar surface area (TPSA) is 49.4 Å². The highest BCUT2D eigenvalue weighted by Gasteiger charge is 2.44. The zero-order chi connectivity index (χ0) is 17.3. The molecule has 2 heterocycles. The van der Waals surface area contributed by atoms with Gasteiger partial charge in [0.1, 0.15) is 0 Å². The van der Waals surface area contributed by atoms with Crippen molar-refractivity contribution in [3.05, 3.63) is 0 Å². The molecule has 0 amide bonds. The van der Waals surface area contributed by atoms with E-state index in [-0.39, 0.29) is 0 Å². The molecular formula is C13H35NO5Si4. The molecule has 0 bridgehead atoms. The van der Waals surface area contributed by atoms with E-state index in [0.717, 1.165) is 26.3 Å². The molecule has 2 saturated heterocycles. The van der Waals surface area contributed by atoms with Gasteiger partial charge in [-0.25, -0.2) is 0 Å². The summed E-state index contributed by atoms with van der Waals surface area (Å²) in [6.45, 7) is 16.5. The van der Waals surface area contributed by atoms with Crippen molar-refractivity contribution in [3.8, 4) is 0 Å². The predicted molar refractivity (Wildman–Crippen MR) is 103 cm³/mol. The summed E-state index contributed by atoms with van der Waals surface area (Å²) in [5.74, 6) is 0. The quantitative estimate of drug-likeness (QED) is 0.676. The van der Waals surface area contributed by atoms with Crippen molar-refractivity contribution in [1.82, 2.24) is 4.57 Å².